The Morgan fingerprint density at radius 2 is 1.64 bits per heavy atom. The Balaban J connectivity index is 2.31. The SMILES string of the molecule is N#Cc1c(C(=O)O)c(-c2ccccc2)nn1-c1ccccc1. The average Bonchev–Trinajstić information content (AvgIpc) is 2.96. The highest BCUT2D eigenvalue weighted by molar-refractivity contribution is 5.97. The van der Waals surface area contributed by atoms with Gasteiger partial charge in [0.1, 0.15) is 17.3 Å². The van der Waals surface area contributed by atoms with Crippen molar-refractivity contribution in [3.05, 3.63) is 71.9 Å². The first-order valence-electron chi connectivity index (χ1n) is 6.59. The van der Waals surface area contributed by atoms with E-state index in [1.807, 2.05) is 18.2 Å². The average molecular weight is 289 g/mol. The van der Waals surface area contributed by atoms with Gasteiger partial charge >= 0.3 is 5.97 Å². The Bertz CT molecular complexity index is 862. The molecule has 0 aliphatic heterocycles. The molecule has 3 rings (SSSR count). The first-order valence-corrected chi connectivity index (χ1v) is 6.59. The van der Waals surface area contributed by atoms with E-state index in [2.05, 4.69) is 5.10 Å². The second-order valence-electron chi connectivity index (χ2n) is 4.60. The molecule has 22 heavy (non-hydrogen) atoms. The zero-order valence-electron chi connectivity index (χ0n) is 11.5. The van der Waals surface area contributed by atoms with Gasteiger partial charge in [-0.25, -0.2) is 9.48 Å². The number of nitrogens with zero attached hydrogens (tertiary/aromatic N) is 3. The highest BCUT2D eigenvalue weighted by atomic mass is 16.4. The number of rotatable bonds is 3. The molecule has 0 radical (unpaired) electrons. The van der Waals surface area contributed by atoms with E-state index in [1.54, 1.807) is 48.5 Å². The van der Waals surface area contributed by atoms with Gasteiger partial charge in [0.25, 0.3) is 0 Å². The Labute approximate surface area is 126 Å². The van der Waals surface area contributed by atoms with Crippen LogP contribution in [-0.2, 0) is 0 Å². The minimum atomic E-state index is -1.17. The lowest BCUT2D eigenvalue weighted by atomic mass is 10.1. The van der Waals surface area contributed by atoms with Gasteiger partial charge in [-0.3, -0.25) is 0 Å². The molecular weight excluding hydrogens is 278 g/mol. The summed E-state index contributed by atoms with van der Waals surface area (Å²) in [6.45, 7) is 0. The molecule has 106 valence electrons. The van der Waals surface area contributed by atoms with E-state index in [0.717, 1.165) is 0 Å². The van der Waals surface area contributed by atoms with Gasteiger partial charge in [0.15, 0.2) is 5.69 Å². The van der Waals surface area contributed by atoms with E-state index in [4.69, 9.17) is 0 Å². The molecular formula is C17H11N3O2. The number of nitriles is 1. The van der Waals surface area contributed by atoms with Gasteiger partial charge in [0.05, 0.1) is 5.69 Å². The number of aromatic carboxylic acids is 1. The van der Waals surface area contributed by atoms with Crippen LogP contribution in [0.25, 0.3) is 16.9 Å². The molecule has 0 amide bonds. The Morgan fingerprint density at radius 1 is 1.05 bits per heavy atom. The van der Waals surface area contributed by atoms with Crippen LogP contribution in [-0.4, -0.2) is 20.9 Å². The van der Waals surface area contributed by atoms with Crippen molar-refractivity contribution in [1.82, 2.24) is 9.78 Å². The lowest BCUT2D eigenvalue weighted by Gasteiger charge is -2.01. The van der Waals surface area contributed by atoms with Gasteiger partial charge in [0, 0.05) is 5.56 Å². The Hall–Kier alpha value is -3.39. The summed E-state index contributed by atoms with van der Waals surface area (Å²) >= 11 is 0. The van der Waals surface area contributed by atoms with Crippen molar-refractivity contribution in [2.75, 3.05) is 0 Å². The third kappa shape index (κ3) is 2.23. The summed E-state index contributed by atoms with van der Waals surface area (Å²) < 4.78 is 1.37. The third-order valence-corrected chi connectivity index (χ3v) is 3.25. The molecule has 5 heteroatoms. The molecule has 0 fully saturated rings. The van der Waals surface area contributed by atoms with E-state index in [-0.39, 0.29) is 17.0 Å². The summed E-state index contributed by atoms with van der Waals surface area (Å²) in [6, 6.07) is 19.9. The third-order valence-electron chi connectivity index (χ3n) is 3.25. The fraction of sp³-hybridized carbons (Fsp3) is 0. The Morgan fingerprint density at radius 3 is 2.18 bits per heavy atom. The molecule has 0 atom stereocenters. The molecule has 2 aromatic carbocycles. The van der Waals surface area contributed by atoms with Gasteiger partial charge in [-0.15, -0.1) is 0 Å². The highest BCUT2D eigenvalue weighted by Crippen LogP contribution is 2.27. The van der Waals surface area contributed by atoms with Gasteiger partial charge in [-0.1, -0.05) is 48.5 Å². The van der Waals surface area contributed by atoms with Gasteiger partial charge < -0.3 is 5.11 Å². The number of benzene rings is 2. The van der Waals surface area contributed by atoms with E-state index in [1.165, 1.54) is 4.68 Å². The van der Waals surface area contributed by atoms with Gasteiger partial charge in [0.2, 0.25) is 0 Å². The quantitative estimate of drug-likeness (QED) is 0.803. The largest absolute Gasteiger partial charge is 0.478 e. The summed E-state index contributed by atoms with van der Waals surface area (Å²) in [5, 5.41) is 23.2. The lowest BCUT2D eigenvalue weighted by Crippen LogP contribution is -2.03. The number of carbonyl (C=O) groups is 1. The van der Waals surface area contributed by atoms with Crippen molar-refractivity contribution < 1.29 is 9.90 Å². The summed E-state index contributed by atoms with van der Waals surface area (Å²) in [6.07, 6.45) is 0. The van der Waals surface area contributed by atoms with Crippen molar-refractivity contribution in [3.63, 3.8) is 0 Å². The van der Waals surface area contributed by atoms with Gasteiger partial charge in [-0.05, 0) is 12.1 Å². The second-order valence-corrected chi connectivity index (χ2v) is 4.60. The maximum absolute atomic E-state index is 11.6. The molecule has 0 saturated heterocycles. The molecule has 5 nitrogen and oxygen atoms in total. The first-order chi connectivity index (χ1) is 10.7. The molecule has 1 heterocycles. The number of para-hydroxylation sites is 1. The minimum absolute atomic E-state index is 0.0116. The fourth-order valence-corrected chi connectivity index (χ4v) is 2.28. The molecule has 0 saturated carbocycles. The van der Waals surface area contributed by atoms with Crippen LogP contribution in [0.5, 0.6) is 0 Å². The molecule has 0 bridgehead atoms. The van der Waals surface area contributed by atoms with Crippen LogP contribution in [0.15, 0.2) is 60.7 Å². The van der Waals surface area contributed by atoms with E-state index in [9.17, 15) is 15.2 Å². The van der Waals surface area contributed by atoms with Crippen molar-refractivity contribution in [1.29, 1.82) is 5.26 Å². The van der Waals surface area contributed by atoms with E-state index in [0.29, 0.717) is 11.3 Å². The summed E-state index contributed by atoms with van der Waals surface area (Å²) in [5.74, 6) is -1.17. The topological polar surface area (TPSA) is 78.9 Å². The van der Waals surface area contributed by atoms with Crippen LogP contribution in [0.2, 0.25) is 0 Å². The van der Waals surface area contributed by atoms with Crippen LogP contribution >= 0.6 is 0 Å². The lowest BCUT2D eigenvalue weighted by molar-refractivity contribution is 0.0697. The number of hydrogen-bond acceptors (Lipinski definition) is 3. The number of carboxylic acids is 1. The fourth-order valence-electron chi connectivity index (χ4n) is 2.28. The van der Waals surface area contributed by atoms with Crippen LogP contribution in [0, 0.1) is 11.3 Å². The number of carboxylic acid groups (broad SMARTS) is 1. The number of aromatic nitrogens is 2. The molecule has 3 aromatic rings. The second kappa shape index (κ2) is 5.54. The summed E-state index contributed by atoms with van der Waals surface area (Å²) in [7, 11) is 0. The van der Waals surface area contributed by atoms with Crippen molar-refractivity contribution in [2.45, 2.75) is 0 Å². The molecule has 0 aliphatic carbocycles. The zero-order chi connectivity index (χ0) is 15.5. The van der Waals surface area contributed by atoms with Crippen LogP contribution in [0.1, 0.15) is 16.1 Å². The van der Waals surface area contributed by atoms with Crippen LogP contribution in [0.3, 0.4) is 0 Å². The predicted octanol–water partition coefficient (Wildman–Crippen LogP) is 3.11. The minimum Gasteiger partial charge on any atom is -0.478 e. The molecule has 0 aliphatic rings. The van der Waals surface area contributed by atoms with E-state index >= 15 is 0 Å². The van der Waals surface area contributed by atoms with Gasteiger partial charge in [-0.2, -0.15) is 10.4 Å². The van der Waals surface area contributed by atoms with Crippen molar-refractivity contribution in [3.8, 4) is 23.0 Å². The summed E-state index contributed by atoms with van der Waals surface area (Å²) in [5.41, 5.74) is 1.51. The van der Waals surface area contributed by atoms with Crippen LogP contribution < -0.4 is 0 Å². The van der Waals surface area contributed by atoms with E-state index < -0.39 is 5.97 Å². The van der Waals surface area contributed by atoms with Crippen LogP contribution in [0.4, 0.5) is 0 Å². The van der Waals surface area contributed by atoms with Crippen molar-refractivity contribution in [2.24, 2.45) is 0 Å². The normalized spacial score (nSPS) is 10.1. The maximum Gasteiger partial charge on any atom is 0.340 e. The Kier molecular flexibility index (Phi) is 3.42. The maximum atomic E-state index is 11.6. The highest BCUT2D eigenvalue weighted by Gasteiger charge is 2.25. The monoisotopic (exact) mass is 289 g/mol. The molecule has 0 spiro atoms. The summed E-state index contributed by atoms with van der Waals surface area (Å²) in [4.78, 5) is 11.6. The number of hydrogen-bond donors (Lipinski definition) is 1. The zero-order valence-corrected chi connectivity index (χ0v) is 11.5. The predicted molar refractivity (Wildman–Crippen MR) is 80.7 cm³/mol. The standard InChI is InChI=1S/C17H11N3O2/c18-11-14-15(17(21)22)16(12-7-3-1-4-8-12)19-20(14)13-9-5-2-6-10-13/h1-10H,(H,21,22). The van der Waals surface area contributed by atoms with Crippen molar-refractivity contribution >= 4 is 5.97 Å². The molecule has 0 unspecified atom stereocenters. The molecule has 1 aromatic heterocycles. The smallest absolute Gasteiger partial charge is 0.340 e. The first kappa shape index (κ1) is 13.6. The molecule has 1 N–H and O–H groups in total.